The zero-order valence-corrected chi connectivity index (χ0v) is 10.7. The van der Waals surface area contributed by atoms with Gasteiger partial charge in [0.1, 0.15) is 5.75 Å². The van der Waals surface area contributed by atoms with Gasteiger partial charge in [-0.2, -0.15) is 0 Å². The lowest BCUT2D eigenvalue weighted by molar-refractivity contribution is 0.415. The molecule has 0 spiro atoms. The number of benzene rings is 1. The Hall–Kier alpha value is -2.33. The van der Waals surface area contributed by atoms with Gasteiger partial charge in [-0.05, 0) is 42.0 Å². The molecule has 2 heterocycles. The number of nitrogens with zero attached hydrogens (tertiary/aromatic N) is 1. The van der Waals surface area contributed by atoms with Gasteiger partial charge < -0.3 is 15.5 Å². The van der Waals surface area contributed by atoms with E-state index in [2.05, 4.69) is 16.0 Å². The molecule has 0 aliphatic rings. The minimum atomic E-state index is 0.517. The van der Waals surface area contributed by atoms with E-state index >= 15 is 0 Å². The molecule has 96 valence electrons. The van der Waals surface area contributed by atoms with Crippen molar-refractivity contribution in [1.82, 2.24) is 9.97 Å². The zero-order chi connectivity index (χ0) is 13.2. The summed E-state index contributed by atoms with van der Waals surface area (Å²) >= 11 is 0. The van der Waals surface area contributed by atoms with Crippen molar-refractivity contribution in [2.45, 2.75) is 6.54 Å². The molecule has 19 heavy (non-hydrogen) atoms. The molecule has 0 atom stereocenters. The van der Waals surface area contributed by atoms with Gasteiger partial charge in [0.25, 0.3) is 0 Å². The van der Waals surface area contributed by atoms with Gasteiger partial charge in [0.05, 0.1) is 18.5 Å². The summed E-state index contributed by atoms with van der Waals surface area (Å²) in [6, 6.07) is 11.9. The highest BCUT2D eigenvalue weighted by molar-refractivity contribution is 5.86. The summed E-state index contributed by atoms with van der Waals surface area (Å²) in [5.41, 5.74) is 9.68. The number of pyridine rings is 1. The van der Waals surface area contributed by atoms with Crippen LogP contribution in [0.1, 0.15) is 5.56 Å². The van der Waals surface area contributed by atoms with E-state index in [1.54, 1.807) is 13.3 Å². The van der Waals surface area contributed by atoms with Crippen LogP contribution in [0, 0.1) is 0 Å². The number of hydrogen-bond acceptors (Lipinski definition) is 3. The standard InChI is InChI=1S/C15H15N3O/c1-19-12-2-3-13-11(7-12)8-15(18-13)14-6-10(9-16)4-5-17-14/h2-8,18H,9,16H2,1H3. The van der Waals surface area contributed by atoms with Gasteiger partial charge in [0.2, 0.25) is 0 Å². The number of rotatable bonds is 3. The second-order valence-corrected chi connectivity index (χ2v) is 4.39. The van der Waals surface area contributed by atoms with Gasteiger partial charge in [-0.3, -0.25) is 4.98 Å². The van der Waals surface area contributed by atoms with Gasteiger partial charge in [0, 0.05) is 23.6 Å². The summed E-state index contributed by atoms with van der Waals surface area (Å²) in [7, 11) is 1.67. The lowest BCUT2D eigenvalue weighted by Gasteiger charge is -1.99. The summed E-state index contributed by atoms with van der Waals surface area (Å²) in [6.45, 7) is 0.517. The van der Waals surface area contributed by atoms with Crippen LogP contribution >= 0.6 is 0 Å². The smallest absolute Gasteiger partial charge is 0.119 e. The average molecular weight is 253 g/mol. The highest BCUT2D eigenvalue weighted by atomic mass is 16.5. The summed E-state index contributed by atoms with van der Waals surface area (Å²) in [4.78, 5) is 7.73. The van der Waals surface area contributed by atoms with Crippen LogP contribution in [0.4, 0.5) is 0 Å². The number of H-pyrrole nitrogens is 1. The van der Waals surface area contributed by atoms with E-state index in [1.165, 1.54) is 0 Å². The van der Waals surface area contributed by atoms with Crippen molar-refractivity contribution in [3.05, 3.63) is 48.2 Å². The number of fused-ring (bicyclic) bond motifs is 1. The molecule has 3 rings (SSSR count). The summed E-state index contributed by atoms with van der Waals surface area (Å²) in [6.07, 6.45) is 1.78. The van der Waals surface area contributed by atoms with E-state index in [9.17, 15) is 0 Å². The van der Waals surface area contributed by atoms with E-state index in [-0.39, 0.29) is 0 Å². The fraction of sp³-hybridized carbons (Fsp3) is 0.133. The molecule has 0 aliphatic heterocycles. The number of ether oxygens (including phenoxy) is 1. The molecule has 0 unspecified atom stereocenters. The second-order valence-electron chi connectivity index (χ2n) is 4.39. The number of aromatic nitrogens is 2. The first-order chi connectivity index (χ1) is 9.30. The van der Waals surface area contributed by atoms with E-state index in [4.69, 9.17) is 10.5 Å². The first-order valence-electron chi connectivity index (χ1n) is 6.12. The van der Waals surface area contributed by atoms with Crippen LogP contribution in [0.15, 0.2) is 42.6 Å². The molecule has 0 bridgehead atoms. The molecule has 0 fully saturated rings. The molecule has 0 saturated heterocycles. The summed E-state index contributed by atoms with van der Waals surface area (Å²) in [5.74, 6) is 0.849. The topological polar surface area (TPSA) is 63.9 Å². The lowest BCUT2D eigenvalue weighted by Crippen LogP contribution is -1.97. The predicted molar refractivity (Wildman–Crippen MR) is 76.0 cm³/mol. The van der Waals surface area contributed by atoms with E-state index < -0.39 is 0 Å². The molecule has 3 N–H and O–H groups in total. The monoisotopic (exact) mass is 253 g/mol. The number of nitrogens with one attached hydrogen (secondary N) is 1. The Morgan fingerprint density at radius 3 is 2.89 bits per heavy atom. The first kappa shape index (κ1) is 11.7. The van der Waals surface area contributed by atoms with Crippen LogP contribution in [-0.2, 0) is 6.54 Å². The Bertz CT molecular complexity index is 718. The van der Waals surface area contributed by atoms with E-state index in [0.29, 0.717) is 6.54 Å². The minimum Gasteiger partial charge on any atom is -0.497 e. The fourth-order valence-electron chi connectivity index (χ4n) is 2.12. The molecular weight excluding hydrogens is 238 g/mol. The molecule has 3 aromatic rings. The SMILES string of the molecule is COc1ccc2[nH]c(-c3cc(CN)ccn3)cc2c1. The second kappa shape index (κ2) is 4.74. The molecule has 0 radical (unpaired) electrons. The van der Waals surface area contributed by atoms with Crippen molar-refractivity contribution >= 4 is 10.9 Å². The largest absolute Gasteiger partial charge is 0.497 e. The third-order valence-corrected chi connectivity index (χ3v) is 3.16. The van der Waals surface area contributed by atoms with Gasteiger partial charge in [-0.1, -0.05) is 0 Å². The Morgan fingerprint density at radius 2 is 2.11 bits per heavy atom. The predicted octanol–water partition coefficient (Wildman–Crippen LogP) is 2.70. The normalized spacial score (nSPS) is 10.8. The Morgan fingerprint density at radius 1 is 1.21 bits per heavy atom. The Kier molecular flexibility index (Phi) is 2.93. The van der Waals surface area contributed by atoms with Crippen molar-refractivity contribution in [3.8, 4) is 17.1 Å². The molecule has 0 saturated carbocycles. The lowest BCUT2D eigenvalue weighted by atomic mass is 10.2. The number of nitrogens with two attached hydrogens (primary N) is 1. The van der Waals surface area contributed by atoms with E-state index in [0.717, 1.165) is 33.6 Å². The number of hydrogen-bond donors (Lipinski definition) is 2. The molecule has 1 aromatic carbocycles. The number of methoxy groups -OCH3 is 1. The third-order valence-electron chi connectivity index (χ3n) is 3.16. The van der Waals surface area contributed by atoms with Crippen LogP contribution in [-0.4, -0.2) is 17.1 Å². The summed E-state index contributed by atoms with van der Waals surface area (Å²) < 4.78 is 5.23. The average Bonchev–Trinajstić information content (AvgIpc) is 2.90. The van der Waals surface area contributed by atoms with Crippen LogP contribution < -0.4 is 10.5 Å². The maximum Gasteiger partial charge on any atom is 0.119 e. The minimum absolute atomic E-state index is 0.517. The van der Waals surface area contributed by atoms with Gasteiger partial charge >= 0.3 is 0 Å². The van der Waals surface area contributed by atoms with Crippen molar-refractivity contribution < 1.29 is 4.74 Å². The quantitative estimate of drug-likeness (QED) is 0.754. The van der Waals surface area contributed by atoms with Crippen molar-refractivity contribution in [3.63, 3.8) is 0 Å². The third kappa shape index (κ3) is 2.18. The Labute approximate surface area is 111 Å². The van der Waals surface area contributed by atoms with Crippen molar-refractivity contribution in [2.75, 3.05) is 7.11 Å². The van der Waals surface area contributed by atoms with Crippen LogP contribution in [0.5, 0.6) is 5.75 Å². The van der Waals surface area contributed by atoms with Crippen LogP contribution in [0.2, 0.25) is 0 Å². The molecule has 0 amide bonds. The van der Waals surface area contributed by atoms with Crippen molar-refractivity contribution in [2.24, 2.45) is 5.73 Å². The van der Waals surface area contributed by atoms with Gasteiger partial charge in [-0.15, -0.1) is 0 Å². The van der Waals surface area contributed by atoms with Gasteiger partial charge in [-0.25, -0.2) is 0 Å². The van der Waals surface area contributed by atoms with Crippen LogP contribution in [0.25, 0.3) is 22.3 Å². The maximum atomic E-state index is 5.66. The number of aromatic amines is 1. The molecule has 0 aliphatic carbocycles. The molecule has 2 aromatic heterocycles. The zero-order valence-electron chi connectivity index (χ0n) is 10.7. The van der Waals surface area contributed by atoms with Crippen molar-refractivity contribution in [1.29, 1.82) is 0 Å². The summed E-state index contributed by atoms with van der Waals surface area (Å²) in [5, 5.41) is 1.11. The molecule has 4 heteroatoms. The molecule has 4 nitrogen and oxygen atoms in total. The van der Waals surface area contributed by atoms with E-state index in [1.807, 2.05) is 30.3 Å². The first-order valence-corrected chi connectivity index (χ1v) is 6.12. The van der Waals surface area contributed by atoms with Crippen LogP contribution in [0.3, 0.4) is 0 Å². The fourth-order valence-corrected chi connectivity index (χ4v) is 2.12. The highest BCUT2D eigenvalue weighted by Gasteiger charge is 2.06. The molecular formula is C15H15N3O. The Balaban J connectivity index is 2.09. The maximum absolute atomic E-state index is 5.66. The van der Waals surface area contributed by atoms with Gasteiger partial charge in [0.15, 0.2) is 0 Å². The highest BCUT2D eigenvalue weighted by Crippen LogP contribution is 2.26.